The van der Waals surface area contributed by atoms with E-state index in [-0.39, 0.29) is 33.6 Å². The minimum Gasteiger partial charge on any atom is -0.508 e. The van der Waals surface area contributed by atoms with Crippen LogP contribution in [0, 0.1) is 0 Å². The summed E-state index contributed by atoms with van der Waals surface area (Å²) in [7, 11) is 0. The van der Waals surface area contributed by atoms with Gasteiger partial charge in [0.2, 0.25) is 0 Å². The second-order valence-electron chi connectivity index (χ2n) is 6.30. The Morgan fingerprint density at radius 1 is 0.929 bits per heavy atom. The summed E-state index contributed by atoms with van der Waals surface area (Å²) < 4.78 is 5.75. The predicted molar refractivity (Wildman–Crippen MR) is 100 cm³/mol. The summed E-state index contributed by atoms with van der Waals surface area (Å²) in [4.78, 5) is 23.1. The van der Waals surface area contributed by atoms with Crippen molar-refractivity contribution in [2.24, 2.45) is 0 Å². The number of carbonyl (C=O) groups is 1. The molecule has 0 amide bonds. The fourth-order valence-electron chi connectivity index (χ4n) is 3.29. The summed E-state index contributed by atoms with van der Waals surface area (Å²) in [6.07, 6.45) is -1.92. The van der Waals surface area contributed by atoms with Crippen LogP contribution in [0.25, 0.3) is 33.4 Å². The number of fused-ring (bicyclic) bond motifs is 2. The van der Waals surface area contributed by atoms with E-state index in [1.165, 1.54) is 42.5 Å². The lowest BCUT2D eigenvalue weighted by Gasteiger charge is -2.19. The van der Waals surface area contributed by atoms with E-state index in [0.717, 1.165) is 0 Å². The van der Waals surface area contributed by atoms with Gasteiger partial charge in [-0.2, -0.15) is 0 Å². The maximum absolute atomic E-state index is 11.8. The third-order valence-corrected chi connectivity index (χ3v) is 4.52. The molecule has 2 aromatic rings. The fourth-order valence-corrected chi connectivity index (χ4v) is 3.29. The Hall–Kier alpha value is -3.68. The third-order valence-electron chi connectivity index (χ3n) is 4.52. The van der Waals surface area contributed by atoms with Gasteiger partial charge in [0, 0.05) is 34.2 Å². The lowest BCUT2D eigenvalue weighted by molar-refractivity contribution is -0.0420. The maximum atomic E-state index is 11.8. The van der Waals surface area contributed by atoms with Crippen LogP contribution in [0.3, 0.4) is 0 Å². The number of hydrogen-bond acceptors (Lipinski definition) is 6. The standard InChI is InChI=1S/C21H14O7/c22-11-2-5-14-17(8-11)28-18-9-12(23)3-6-15(18)19(14)13-4-1-10(20(24)25)7-16(13)21(26)27/h1-9,21-22,26-27H,(H,24,25). The summed E-state index contributed by atoms with van der Waals surface area (Å²) in [5.41, 5.74) is 1.34. The number of phenolic OH excluding ortho intramolecular Hbond substituents is 1. The van der Waals surface area contributed by atoms with Crippen molar-refractivity contribution in [2.45, 2.75) is 6.29 Å². The topological polar surface area (TPSA) is 128 Å². The van der Waals surface area contributed by atoms with Gasteiger partial charge in [-0.25, -0.2) is 4.79 Å². The molecule has 4 rings (SSSR count). The van der Waals surface area contributed by atoms with Crippen molar-refractivity contribution in [3.63, 3.8) is 0 Å². The Bertz CT molecular complexity index is 1250. The highest BCUT2D eigenvalue weighted by Crippen LogP contribution is 2.42. The second kappa shape index (κ2) is 6.49. The van der Waals surface area contributed by atoms with Gasteiger partial charge in [-0.1, -0.05) is 6.07 Å². The monoisotopic (exact) mass is 378 g/mol. The van der Waals surface area contributed by atoms with E-state index in [9.17, 15) is 30.0 Å². The maximum Gasteiger partial charge on any atom is 0.335 e. The van der Waals surface area contributed by atoms with Crippen LogP contribution >= 0.6 is 0 Å². The number of benzene rings is 3. The molecule has 2 aliphatic rings. The molecule has 4 N–H and O–H groups in total. The molecular formula is C21H14O7. The Balaban J connectivity index is 2.16. The Morgan fingerprint density at radius 2 is 1.68 bits per heavy atom. The number of aromatic hydroxyl groups is 1. The van der Waals surface area contributed by atoms with Gasteiger partial charge in [0.25, 0.3) is 0 Å². The highest BCUT2D eigenvalue weighted by molar-refractivity contribution is 6.03. The highest BCUT2D eigenvalue weighted by Gasteiger charge is 2.22. The smallest absolute Gasteiger partial charge is 0.335 e. The number of aliphatic hydroxyl groups is 2. The van der Waals surface area contributed by atoms with Gasteiger partial charge in [0.05, 0.1) is 5.56 Å². The molecule has 140 valence electrons. The molecule has 0 atom stereocenters. The molecule has 0 spiro atoms. The van der Waals surface area contributed by atoms with Crippen LogP contribution in [-0.4, -0.2) is 26.4 Å². The number of carboxylic acid groups (broad SMARTS) is 1. The minimum atomic E-state index is -1.92. The summed E-state index contributed by atoms with van der Waals surface area (Å²) in [6, 6.07) is 12.7. The molecule has 0 saturated carbocycles. The zero-order valence-corrected chi connectivity index (χ0v) is 14.3. The third kappa shape index (κ3) is 2.88. The van der Waals surface area contributed by atoms with Crippen LogP contribution in [0.5, 0.6) is 5.75 Å². The molecule has 0 radical (unpaired) electrons. The fraction of sp³-hybridized carbons (Fsp3) is 0.0476. The largest absolute Gasteiger partial charge is 0.508 e. The lowest BCUT2D eigenvalue weighted by Crippen LogP contribution is -2.05. The van der Waals surface area contributed by atoms with Gasteiger partial charge in [-0.15, -0.1) is 0 Å². The van der Waals surface area contributed by atoms with E-state index in [1.807, 2.05) is 0 Å². The van der Waals surface area contributed by atoms with Crippen molar-refractivity contribution >= 4 is 16.9 Å². The zero-order chi connectivity index (χ0) is 20.0. The Kier molecular flexibility index (Phi) is 4.11. The molecule has 2 aromatic carbocycles. The molecule has 0 fully saturated rings. The summed E-state index contributed by atoms with van der Waals surface area (Å²) in [6.45, 7) is 0. The molecular weight excluding hydrogens is 364 g/mol. The molecule has 7 heteroatoms. The number of phenols is 1. The van der Waals surface area contributed by atoms with Gasteiger partial charge < -0.3 is 24.8 Å². The van der Waals surface area contributed by atoms with Crippen molar-refractivity contribution in [1.82, 2.24) is 0 Å². The van der Waals surface area contributed by atoms with Crippen molar-refractivity contribution in [3.05, 3.63) is 75.9 Å². The number of hydrogen-bond donors (Lipinski definition) is 4. The minimum absolute atomic E-state index is 0.00650. The summed E-state index contributed by atoms with van der Waals surface area (Å²) >= 11 is 0. The van der Waals surface area contributed by atoms with Gasteiger partial charge in [0.1, 0.15) is 17.1 Å². The summed E-state index contributed by atoms with van der Waals surface area (Å²) in [5.74, 6) is -0.989. The van der Waals surface area contributed by atoms with E-state index in [4.69, 9.17) is 4.42 Å². The van der Waals surface area contributed by atoms with Crippen molar-refractivity contribution in [1.29, 1.82) is 0 Å². The number of aliphatic hydroxyl groups excluding tert-OH is 1. The first kappa shape index (κ1) is 17.7. The SMILES string of the molecule is O=C(O)c1ccc(-c2c3ccc(=O)cc-3oc3cc(O)ccc23)c(C(O)O)c1. The molecule has 1 aliphatic heterocycles. The Morgan fingerprint density at radius 3 is 2.39 bits per heavy atom. The first-order valence-corrected chi connectivity index (χ1v) is 8.28. The highest BCUT2D eigenvalue weighted by atomic mass is 16.5. The van der Waals surface area contributed by atoms with Crippen molar-refractivity contribution in [2.75, 3.05) is 0 Å². The summed E-state index contributed by atoms with van der Waals surface area (Å²) in [5, 5.41) is 39.3. The average Bonchev–Trinajstić information content (AvgIpc) is 2.65. The molecule has 0 bridgehead atoms. The van der Waals surface area contributed by atoms with E-state index >= 15 is 0 Å². The number of rotatable bonds is 3. The first-order valence-electron chi connectivity index (χ1n) is 8.28. The van der Waals surface area contributed by atoms with Crippen LogP contribution in [-0.2, 0) is 0 Å². The van der Waals surface area contributed by atoms with E-state index in [1.54, 1.807) is 12.1 Å². The molecule has 1 aliphatic carbocycles. The van der Waals surface area contributed by atoms with Gasteiger partial charge in [-0.3, -0.25) is 4.79 Å². The van der Waals surface area contributed by atoms with Crippen LogP contribution < -0.4 is 5.43 Å². The van der Waals surface area contributed by atoms with Crippen LogP contribution in [0.4, 0.5) is 0 Å². The molecule has 0 aromatic heterocycles. The number of carboxylic acids is 1. The molecule has 7 nitrogen and oxygen atoms in total. The van der Waals surface area contributed by atoms with Gasteiger partial charge >= 0.3 is 5.97 Å². The first-order chi connectivity index (χ1) is 13.3. The molecule has 28 heavy (non-hydrogen) atoms. The van der Waals surface area contributed by atoms with Gasteiger partial charge in [0.15, 0.2) is 11.7 Å². The predicted octanol–water partition coefficient (Wildman–Crippen LogP) is 2.95. The Labute approximate surface area is 157 Å². The molecule has 0 saturated heterocycles. The van der Waals surface area contributed by atoms with Gasteiger partial charge in [-0.05, 0) is 42.0 Å². The van der Waals surface area contributed by atoms with Crippen molar-refractivity contribution < 1.29 is 29.6 Å². The van der Waals surface area contributed by atoms with E-state index in [2.05, 4.69) is 0 Å². The quantitative estimate of drug-likeness (QED) is 0.319. The number of aromatic carboxylic acids is 1. The average molecular weight is 378 g/mol. The van der Waals surface area contributed by atoms with Crippen LogP contribution in [0.15, 0.2) is 63.8 Å². The zero-order valence-electron chi connectivity index (χ0n) is 14.3. The van der Waals surface area contributed by atoms with Crippen LogP contribution in [0.1, 0.15) is 22.2 Å². The second-order valence-corrected chi connectivity index (χ2v) is 6.30. The molecule has 1 heterocycles. The molecule has 0 unspecified atom stereocenters. The van der Waals surface area contributed by atoms with Crippen molar-refractivity contribution in [3.8, 4) is 28.2 Å². The lowest BCUT2D eigenvalue weighted by atomic mass is 9.89. The van der Waals surface area contributed by atoms with Crippen LogP contribution in [0.2, 0.25) is 0 Å². The van der Waals surface area contributed by atoms with E-state index < -0.39 is 12.3 Å². The normalized spacial score (nSPS) is 11.4. The van der Waals surface area contributed by atoms with E-state index in [0.29, 0.717) is 22.1 Å².